The van der Waals surface area contributed by atoms with Gasteiger partial charge in [-0.3, -0.25) is 0 Å². The predicted octanol–water partition coefficient (Wildman–Crippen LogP) is 2.76. The number of hydrogen-bond acceptors (Lipinski definition) is 2. The molecule has 0 saturated carbocycles. The number of nitrogens with two attached hydrogens (primary N) is 1. The van der Waals surface area contributed by atoms with E-state index in [0.29, 0.717) is 5.92 Å². The molecule has 4 heteroatoms. The van der Waals surface area contributed by atoms with Gasteiger partial charge in [-0.1, -0.05) is 29.8 Å². The van der Waals surface area contributed by atoms with Crippen LogP contribution in [0.3, 0.4) is 0 Å². The van der Waals surface area contributed by atoms with Crippen molar-refractivity contribution in [1.82, 2.24) is 5.32 Å². The summed E-state index contributed by atoms with van der Waals surface area (Å²) in [5, 5.41) is 4.14. The van der Waals surface area contributed by atoms with E-state index in [9.17, 15) is 0 Å². The van der Waals surface area contributed by atoms with E-state index in [1.54, 1.807) is 0 Å². The largest absolute Gasteiger partial charge is 0.324 e. The molecule has 1 aromatic carbocycles. The van der Waals surface area contributed by atoms with E-state index in [0.717, 1.165) is 36.5 Å². The Balaban J connectivity index is 0.00000128. The number of rotatable bonds is 2. The molecule has 0 spiro atoms. The van der Waals surface area contributed by atoms with Gasteiger partial charge in [0.1, 0.15) is 0 Å². The van der Waals surface area contributed by atoms with Crippen molar-refractivity contribution < 1.29 is 0 Å². The lowest BCUT2D eigenvalue weighted by atomic mass is 9.86. The zero-order valence-electron chi connectivity index (χ0n) is 9.16. The van der Waals surface area contributed by atoms with Crippen molar-refractivity contribution in [3.8, 4) is 0 Å². The Hall–Kier alpha value is -0.280. The highest BCUT2D eigenvalue weighted by atomic mass is 35.5. The molecule has 1 fully saturated rings. The minimum absolute atomic E-state index is 0. The van der Waals surface area contributed by atoms with Crippen LogP contribution < -0.4 is 11.1 Å². The van der Waals surface area contributed by atoms with Crippen LogP contribution in [-0.4, -0.2) is 13.1 Å². The van der Waals surface area contributed by atoms with Crippen molar-refractivity contribution in [3.05, 3.63) is 34.9 Å². The maximum Gasteiger partial charge on any atom is 0.0453 e. The fourth-order valence-corrected chi connectivity index (χ4v) is 2.46. The Kier molecular flexibility index (Phi) is 5.56. The molecule has 1 aliphatic heterocycles. The lowest BCUT2D eigenvalue weighted by Gasteiger charge is -2.28. The van der Waals surface area contributed by atoms with E-state index in [4.69, 9.17) is 17.3 Å². The Labute approximate surface area is 108 Å². The summed E-state index contributed by atoms with van der Waals surface area (Å²) in [6.07, 6.45) is 2.29. The molecule has 0 aliphatic carbocycles. The molecule has 0 amide bonds. The SMILES string of the molecule is Cl.N[C@@H](c1ccccc1Cl)C1CCNCC1. The topological polar surface area (TPSA) is 38.0 Å². The predicted molar refractivity (Wildman–Crippen MR) is 71.2 cm³/mol. The monoisotopic (exact) mass is 260 g/mol. The molecule has 2 nitrogen and oxygen atoms in total. The first kappa shape index (κ1) is 13.8. The lowest BCUT2D eigenvalue weighted by Crippen LogP contribution is -2.33. The van der Waals surface area contributed by atoms with Gasteiger partial charge < -0.3 is 11.1 Å². The third-order valence-corrected chi connectivity index (χ3v) is 3.50. The van der Waals surface area contributed by atoms with E-state index < -0.39 is 0 Å². The average molecular weight is 261 g/mol. The number of benzene rings is 1. The first-order valence-electron chi connectivity index (χ1n) is 5.50. The van der Waals surface area contributed by atoms with Crippen molar-refractivity contribution in [2.24, 2.45) is 11.7 Å². The standard InChI is InChI=1S/C12H17ClN2.ClH/c13-11-4-2-1-3-10(11)12(14)9-5-7-15-8-6-9;/h1-4,9,12,15H,5-8,14H2;1H/t12-;/m1./s1. The van der Waals surface area contributed by atoms with E-state index in [1.165, 1.54) is 0 Å². The normalized spacial score (nSPS) is 18.9. The van der Waals surface area contributed by atoms with Crippen LogP contribution in [-0.2, 0) is 0 Å². The zero-order valence-corrected chi connectivity index (χ0v) is 10.7. The second-order valence-electron chi connectivity index (χ2n) is 4.13. The highest BCUT2D eigenvalue weighted by molar-refractivity contribution is 6.31. The molecule has 1 aromatic rings. The summed E-state index contributed by atoms with van der Waals surface area (Å²) in [4.78, 5) is 0. The fourth-order valence-electron chi connectivity index (χ4n) is 2.20. The molecule has 0 radical (unpaired) electrons. The molecule has 1 heterocycles. The zero-order chi connectivity index (χ0) is 10.7. The van der Waals surface area contributed by atoms with Gasteiger partial charge in [-0.05, 0) is 43.5 Å². The van der Waals surface area contributed by atoms with Gasteiger partial charge in [0.25, 0.3) is 0 Å². The van der Waals surface area contributed by atoms with Gasteiger partial charge >= 0.3 is 0 Å². The molecular formula is C12H18Cl2N2. The first-order chi connectivity index (χ1) is 7.29. The van der Waals surface area contributed by atoms with Crippen molar-refractivity contribution in [1.29, 1.82) is 0 Å². The number of nitrogens with one attached hydrogen (secondary N) is 1. The number of halogens is 2. The Morgan fingerprint density at radius 3 is 2.50 bits per heavy atom. The second kappa shape index (κ2) is 6.45. The molecule has 3 N–H and O–H groups in total. The molecular weight excluding hydrogens is 243 g/mol. The molecule has 2 rings (SSSR count). The number of hydrogen-bond donors (Lipinski definition) is 2. The van der Waals surface area contributed by atoms with E-state index in [1.807, 2.05) is 24.3 Å². The van der Waals surface area contributed by atoms with Crippen LogP contribution in [0, 0.1) is 5.92 Å². The quantitative estimate of drug-likeness (QED) is 0.859. The molecule has 1 saturated heterocycles. The smallest absolute Gasteiger partial charge is 0.0453 e. The molecule has 0 unspecified atom stereocenters. The summed E-state index contributed by atoms with van der Waals surface area (Å²) in [5.41, 5.74) is 7.35. The summed E-state index contributed by atoms with van der Waals surface area (Å²) in [6.45, 7) is 2.14. The van der Waals surface area contributed by atoms with Crippen molar-refractivity contribution in [2.75, 3.05) is 13.1 Å². The minimum Gasteiger partial charge on any atom is -0.324 e. The molecule has 0 bridgehead atoms. The van der Waals surface area contributed by atoms with Crippen molar-refractivity contribution in [2.45, 2.75) is 18.9 Å². The molecule has 90 valence electrons. The van der Waals surface area contributed by atoms with Crippen molar-refractivity contribution >= 4 is 24.0 Å². The van der Waals surface area contributed by atoms with E-state index in [-0.39, 0.29) is 18.4 Å². The van der Waals surface area contributed by atoms with Crippen LogP contribution in [0.25, 0.3) is 0 Å². The van der Waals surface area contributed by atoms with Gasteiger partial charge in [0.15, 0.2) is 0 Å². The third-order valence-electron chi connectivity index (χ3n) is 3.16. The molecule has 1 atom stereocenters. The minimum atomic E-state index is 0. The summed E-state index contributed by atoms with van der Waals surface area (Å²) in [5.74, 6) is 0.561. The second-order valence-corrected chi connectivity index (χ2v) is 4.54. The van der Waals surface area contributed by atoms with Crippen LogP contribution in [0.4, 0.5) is 0 Å². The van der Waals surface area contributed by atoms with Crippen LogP contribution >= 0.6 is 24.0 Å². The first-order valence-corrected chi connectivity index (χ1v) is 5.87. The lowest BCUT2D eigenvalue weighted by molar-refractivity contribution is 0.322. The van der Waals surface area contributed by atoms with Gasteiger partial charge in [-0.25, -0.2) is 0 Å². The number of piperidine rings is 1. The maximum atomic E-state index is 6.26. The summed E-state index contributed by atoms with van der Waals surface area (Å²) in [6, 6.07) is 7.98. The molecule has 16 heavy (non-hydrogen) atoms. The molecule has 0 aromatic heterocycles. The average Bonchev–Trinajstić information content (AvgIpc) is 2.30. The van der Waals surface area contributed by atoms with Gasteiger partial charge in [-0.15, -0.1) is 12.4 Å². The Morgan fingerprint density at radius 1 is 1.25 bits per heavy atom. The van der Waals surface area contributed by atoms with Crippen LogP contribution in [0.1, 0.15) is 24.4 Å². The van der Waals surface area contributed by atoms with Gasteiger partial charge in [0, 0.05) is 11.1 Å². The Bertz CT molecular complexity index is 325. The summed E-state index contributed by atoms with van der Waals surface area (Å²) < 4.78 is 0. The van der Waals surface area contributed by atoms with Crippen LogP contribution in [0.15, 0.2) is 24.3 Å². The highest BCUT2D eigenvalue weighted by Crippen LogP contribution is 2.30. The highest BCUT2D eigenvalue weighted by Gasteiger charge is 2.22. The Morgan fingerprint density at radius 2 is 1.88 bits per heavy atom. The van der Waals surface area contributed by atoms with E-state index >= 15 is 0 Å². The summed E-state index contributed by atoms with van der Waals surface area (Å²) in [7, 11) is 0. The van der Waals surface area contributed by atoms with Gasteiger partial charge in [0.2, 0.25) is 0 Å². The summed E-state index contributed by atoms with van der Waals surface area (Å²) >= 11 is 6.14. The van der Waals surface area contributed by atoms with Gasteiger partial charge in [0.05, 0.1) is 0 Å². The van der Waals surface area contributed by atoms with Gasteiger partial charge in [-0.2, -0.15) is 0 Å². The van der Waals surface area contributed by atoms with Crippen LogP contribution in [0.5, 0.6) is 0 Å². The third kappa shape index (κ3) is 3.11. The van der Waals surface area contributed by atoms with Crippen molar-refractivity contribution in [3.63, 3.8) is 0 Å². The molecule has 1 aliphatic rings. The van der Waals surface area contributed by atoms with E-state index in [2.05, 4.69) is 5.32 Å². The fraction of sp³-hybridized carbons (Fsp3) is 0.500. The van der Waals surface area contributed by atoms with Crippen LogP contribution in [0.2, 0.25) is 5.02 Å². The maximum absolute atomic E-state index is 6.26.